The first-order chi connectivity index (χ1) is 8.13. The maximum absolute atomic E-state index is 10.5. The van der Waals surface area contributed by atoms with Gasteiger partial charge < -0.3 is 20.4 Å². The molecule has 0 aliphatic carbocycles. The van der Waals surface area contributed by atoms with Crippen LogP contribution in [0.15, 0.2) is 24.3 Å². The third-order valence-electron chi connectivity index (χ3n) is 1.81. The summed E-state index contributed by atoms with van der Waals surface area (Å²) < 4.78 is 0. The lowest BCUT2D eigenvalue weighted by Gasteiger charge is -1.96. The molecule has 0 spiro atoms. The summed E-state index contributed by atoms with van der Waals surface area (Å²) in [6.45, 7) is 0. The van der Waals surface area contributed by atoms with Gasteiger partial charge in [-0.1, -0.05) is 12.1 Å². The van der Waals surface area contributed by atoms with Crippen molar-refractivity contribution in [1.82, 2.24) is 0 Å². The van der Waals surface area contributed by atoms with E-state index in [4.69, 9.17) is 10.8 Å². The highest BCUT2D eigenvalue weighted by atomic mass is 16.3. The van der Waals surface area contributed by atoms with Gasteiger partial charge in [-0.2, -0.15) is 0 Å². The van der Waals surface area contributed by atoms with Crippen molar-refractivity contribution in [2.75, 3.05) is 0 Å². The summed E-state index contributed by atoms with van der Waals surface area (Å²) in [6.07, 6.45) is 3.37. The molecule has 5 nitrogen and oxygen atoms in total. The van der Waals surface area contributed by atoms with Crippen LogP contribution >= 0.6 is 0 Å². The molecule has 0 unspecified atom stereocenters. The molecule has 17 heavy (non-hydrogen) atoms. The van der Waals surface area contributed by atoms with Crippen LogP contribution in [0.2, 0.25) is 0 Å². The van der Waals surface area contributed by atoms with E-state index >= 15 is 0 Å². The molecule has 1 aromatic rings. The second kappa shape index (κ2) is 9.08. The predicted octanol–water partition coefficient (Wildman–Crippen LogP) is 1.05. The molecule has 0 aromatic heterocycles. The van der Waals surface area contributed by atoms with Gasteiger partial charge in [0.05, 0.1) is 5.56 Å². The lowest BCUT2D eigenvalue weighted by Crippen LogP contribution is -2.10. The minimum atomic E-state index is -0.613. The van der Waals surface area contributed by atoms with Gasteiger partial charge in [0.1, 0.15) is 18.3 Å². The molecule has 0 atom stereocenters. The van der Waals surface area contributed by atoms with E-state index in [1.165, 1.54) is 12.1 Å². The molecular weight excluding hydrogens is 222 g/mol. The number of benzene rings is 1. The predicted molar refractivity (Wildman–Crippen MR) is 62.6 cm³/mol. The van der Waals surface area contributed by atoms with Gasteiger partial charge >= 0.3 is 0 Å². The van der Waals surface area contributed by atoms with Crippen LogP contribution in [-0.2, 0) is 9.59 Å². The van der Waals surface area contributed by atoms with Crippen LogP contribution in [-0.4, -0.2) is 23.6 Å². The average Bonchev–Trinajstić information content (AvgIpc) is 2.31. The summed E-state index contributed by atoms with van der Waals surface area (Å²) in [5.74, 6) is -0.687. The van der Waals surface area contributed by atoms with Crippen molar-refractivity contribution in [2.45, 2.75) is 19.3 Å². The maximum atomic E-state index is 10.5. The van der Waals surface area contributed by atoms with Crippen molar-refractivity contribution < 1.29 is 19.5 Å². The summed E-state index contributed by atoms with van der Waals surface area (Å²) >= 11 is 0. The molecule has 0 aliphatic rings. The van der Waals surface area contributed by atoms with Crippen molar-refractivity contribution >= 4 is 18.5 Å². The Morgan fingerprint density at radius 2 is 1.71 bits per heavy atom. The molecule has 5 heteroatoms. The van der Waals surface area contributed by atoms with Gasteiger partial charge in [0.25, 0.3) is 5.91 Å². The number of carbonyl (C=O) groups excluding carboxylic acids is 3. The molecule has 92 valence electrons. The Bertz CT molecular complexity index is 369. The monoisotopic (exact) mass is 237 g/mol. The van der Waals surface area contributed by atoms with Gasteiger partial charge in [-0.05, 0) is 18.6 Å². The fourth-order valence-corrected chi connectivity index (χ4v) is 0.967. The van der Waals surface area contributed by atoms with Crippen molar-refractivity contribution in [3.8, 4) is 5.75 Å². The zero-order chi connectivity index (χ0) is 13.1. The highest BCUT2D eigenvalue weighted by molar-refractivity contribution is 5.95. The fraction of sp³-hybridized carbons (Fsp3) is 0.250. The largest absolute Gasteiger partial charge is 0.507 e. The molecule has 3 N–H and O–H groups in total. The third-order valence-corrected chi connectivity index (χ3v) is 1.81. The molecule has 0 fully saturated rings. The molecule has 0 saturated carbocycles. The summed E-state index contributed by atoms with van der Waals surface area (Å²) in [5.41, 5.74) is 5.07. The van der Waals surface area contributed by atoms with Gasteiger partial charge in [0, 0.05) is 12.8 Å². The van der Waals surface area contributed by atoms with Crippen LogP contribution in [0, 0.1) is 0 Å². The van der Waals surface area contributed by atoms with Crippen LogP contribution in [0.4, 0.5) is 0 Å². The van der Waals surface area contributed by atoms with E-state index < -0.39 is 5.91 Å². The zero-order valence-corrected chi connectivity index (χ0v) is 9.33. The summed E-state index contributed by atoms with van der Waals surface area (Å²) in [6, 6.07) is 6.15. The number of phenols is 1. The Morgan fingerprint density at radius 3 is 2.06 bits per heavy atom. The number of hydrogen-bond acceptors (Lipinski definition) is 4. The van der Waals surface area contributed by atoms with E-state index in [9.17, 15) is 14.4 Å². The first-order valence-electron chi connectivity index (χ1n) is 5.08. The first-order valence-corrected chi connectivity index (χ1v) is 5.08. The molecule has 0 heterocycles. The Morgan fingerprint density at radius 1 is 1.18 bits per heavy atom. The van der Waals surface area contributed by atoms with Crippen LogP contribution in [0.25, 0.3) is 0 Å². The topological polar surface area (TPSA) is 97.5 Å². The van der Waals surface area contributed by atoms with Gasteiger partial charge in [-0.3, -0.25) is 4.79 Å². The summed E-state index contributed by atoms with van der Waals surface area (Å²) in [4.78, 5) is 29.6. The normalized spacial score (nSPS) is 8.71. The van der Waals surface area contributed by atoms with Crippen molar-refractivity contribution in [1.29, 1.82) is 0 Å². The van der Waals surface area contributed by atoms with Gasteiger partial charge in [0.2, 0.25) is 0 Å². The van der Waals surface area contributed by atoms with Crippen molar-refractivity contribution in [3.63, 3.8) is 0 Å². The number of rotatable bonds is 5. The van der Waals surface area contributed by atoms with Crippen LogP contribution in [0.5, 0.6) is 5.75 Å². The number of para-hydroxylation sites is 1. The Balaban J connectivity index is 0.000000325. The maximum Gasteiger partial charge on any atom is 0.252 e. The molecule has 0 aliphatic heterocycles. The number of primary amides is 1. The van der Waals surface area contributed by atoms with Gasteiger partial charge in [-0.15, -0.1) is 0 Å². The number of carbonyl (C=O) groups is 3. The van der Waals surface area contributed by atoms with Crippen LogP contribution < -0.4 is 5.73 Å². The molecule has 0 radical (unpaired) electrons. The van der Waals surface area contributed by atoms with E-state index in [0.717, 1.165) is 12.6 Å². The molecule has 1 aromatic carbocycles. The standard InChI is InChI=1S/C7H7NO2.C5H8O2/c8-7(10)5-3-1-2-4-6(5)9;6-4-2-1-3-5-7/h1-4,9H,(H2,8,10);4-5H,1-3H2. The zero-order valence-electron chi connectivity index (χ0n) is 9.33. The Labute approximate surface area is 99.2 Å². The summed E-state index contributed by atoms with van der Waals surface area (Å²) in [5, 5.41) is 8.98. The van der Waals surface area contributed by atoms with E-state index in [-0.39, 0.29) is 11.3 Å². The number of unbranched alkanes of at least 4 members (excludes halogenated alkanes) is 2. The number of aromatic hydroxyl groups is 1. The van der Waals surface area contributed by atoms with Crippen LogP contribution in [0.1, 0.15) is 29.6 Å². The summed E-state index contributed by atoms with van der Waals surface area (Å²) in [7, 11) is 0. The lowest BCUT2D eigenvalue weighted by atomic mass is 10.2. The van der Waals surface area contributed by atoms with Crippen LogP contribution in [0.3, 0.4) is 0 Å². The quantitative estimate of drug-likeness (QED) is 0.590. The minimum absolute atomic E-state index is 0.0741. The highest BCUT2D eigenvalue weighted by Crippen LogP contribution is 2.13. The number of nitrogens with two attached hydrogens (primary N) is 1. The fourth-order valence-electron chi connectivity index (χ4n) is 0.967. The Hall–Kier alpha value is -2.17. The molecular formula is C12H15NO4. The van der Waals surface area contributed by atoms with E-state index in [1.54, 1.807) is 12.1 Å². The molecule has 1 rings (SSSR count). The molecule has 1 amide bonds. The lowest BCUT2D eigenvalue weighted by molar-refractivity contribution is -0.108. The minimum Gasteiger partial charge on any atom is -0.507 e. The Kier molecular flexibility index (Phi) is 7.93. The number of hydrogen-bond donors (Lipinski definition) is 2. The SMILES string of the molecule is NC(=O)c1ccccc1O.O=CCCCC=O. The second-order valence-corrected chi connectivity index (χ2v) is 3.15. The second-order valence-electron chi connectivity index (χ2n) is 3.15. The van der Waals surface area contributed by atoms with Crippen molar-refractivity contribution in [2.24, 2.45) is 5.73 Å². The molecule has 0 bridgehead atoms. The van der Waals surface area contributed by atoms with Crippen molar-refractivity contribution in [3.05, 3.63) is 29.8 Å². The highest BCUT2D eigenvalue weighted by Gasteiger charge is 2.03. The average molecular weight is 237 g/mol. The number of aldehydes is 2. The molecule has 0 saturated heterocycles. The van der Waals surface area contributed by atoms with E-state index in [1.807, 2.05) is 0 Å². The number of amides is 1. The van der Waals surface area contributed by atoms with Gasteiger partial charge in [0.15, 0.2) is 0 Å². The van der Waals surface area contributed by atoms with E-state index in [2.05, 4.69) is 0 Å². The smallest absolute Gasteiger partial charge is 0.252 e. The van der Waals surface area contributed by atoms with Gasteiger partial charge in [-0.25, -0.2) is 0 Å². The van der Waals surface area contributed by atoms with E-state index in [0.29, 0.717) is 19.3 Å². The third kappa shape index (κ3) is 6.83. The first kappa shape index (κ1) is 14.8.